The highest BCUT2D eigenvalue weighted by molar-refractivity contribution is 7.92. The predicted molar refractivity (Wildman–Crippen MR) is 105 cm³/mol. The maximum Gasteiger partial charge on any atom is 0.416 e. The maximum absolute atomic E-state index is 12.7. The summed E-state index contributed by atoms with van der Waals surface area (Å²) >= 11 is 0. The lowest BCUT2D eigenvalue weighted by Gasteiger charge is -2.29. The summed E-state index contributed by atoms with van der Waals surface area (Å²) in [5.74, 6) is -0.450. The van der Waals surface area contributed by atoms with Crippen molar-refractivity contribution in [2.45, 2.75) is 26.1 Å². The summed E-state index contributed by atoms with van der Waals surface area (Å²) in [4.78, 5) is 12.7. The summed E-state index contributed by atoms with van der Waals surface area (Å²) in [6.45, 7) is 3.14. The van der Waals surface area contributed by atoms with Crippen molar-refractivity contribution >= 4 is 27.3 Å². The van der Waals surface area contributed by atoms with Gasteiger partial charge in [-0.3, -0.25) is 9.10 Å². The number of carbonyl (C=O) groups excluding carboxylic acids is 1. The lowest BCUT2D eigenvalue weighted by atomic mass is 10.1. The third-order valence-electron chi connectivity index (χ3n) is 4.14. The van der Waals surface area contributed by atoms with E-state index in [0.717, 1.165) is 40.4 Å². The Morgan fingerprint density at radius 3 is 2.21 bits per heavy atom. The summed E-state index contributed by atoms with van der Waals surface area (Å²) in [5.41, 5.74) is 0.195. The summed E-state index contributed by atoms with van der Waals surface area (Å²) < 4.78 is 69.0. The Labute approximate surface area is 167 Å². The Morgan fingerprint density at radius 1 is 1.14 bits per heavy atom. The molecule has 2 aromatic rings. The average molecular weight is 430 g/mol. The van der Waals surface area contributed by atoms with Crippen LogP contribution >= 0.6 is 0 Å². The van der Waals surface area contributed by atoms with Crippen LogP contribution in [0.2, 0.25) is 0 Å². The molecule has 158 valence electrons. The van der Waals surface area contributed by atoms with E-state index in [9.17, 15) is 26.4 Å². The summed E-state index contributed by atoms with van der Waals surface area (Å²) in [6.07, 6.45) is -3.54. The minimum absolute atomic E-state index is 0.111. The van der Waals surface area contributed by atoms with Crippen molar-refractivity contribution in [3.8, 4) is 5.75 Å². The Hall–Kier alpha value is -2.75. The van der Waals surface area contributed by atoms with Crippen molar-refractivity contribution < 1.29 is 31.1 Å². The number of sulfonamides is 1. The van der Waals surface area contributed by atoms with Gasteiger partial charge in [0.1, 0.15) is 11.8 Å². The van der Waals surface area contributed by atoms with Crippen LogP contribution in [-0.2, 0) is 21.0 Å². The van der Waals surface area contributed by atoms with Gasteiger partial charge in [-0.2, -0.15) is 13.2 Å². The number of nitrogens with zero attached hydrogens (tertiary/aromatic N) is 1. The van der Waals surface area contributed by atoms with E-state index in [4.69, 9.17) is 4.74 Å². The van der Waals surface area contributed by atoms with Crippen LogP contribution in [-0.4, -0.2) is 33.7 Å². The number of rotatable bonds is 6. The fourth-order valence-corrected chi connectivity index (χ4v) is 3.91. The van der Waals surface area contributed by atoms with E-state index >= 15 is 0 Å². The molecule has 0 aliphatic carbocycles. The van der Waals surface area contributed by atoms with Crippen LogP contribution in [0.4, 0.5) is 24.5 Å². The van der Waals surface area contributed by atoms with E-state index < -0.39 is 33.7 Å². The highest BCUT2D eigenvalue weighted by Gasteiger charge is 2.32. The fraction of sp³-hybridized carbons (Fsp3) is 0.316. The molecule has 2 rings (SSSR count). The zero-order valence-electron chi connectivity index (χ0n) is 16.2. The Balaban J connectivity index is 2.34. The molecule has 0 spiro atoms. The number of alkyl halides is 3. The number of aryl methyl sites for hydroxylation is 1. The van der Waals surface area contributed by atoms with E-state index in [1.54, 1.807) is 25.1 Å². The lowest BCUT2D eigenvalue weighted by molar-refractivity contribution is -0.137. The molecule has 10 heteroatoms. The van der Waals surface area contributed by atoms with Gasteiger partial charge in [0.15, 0.2) is 0 Å². The van der Waals surface area contributed by atoms with Crippen LogP contribution in [0, 0.1) is 6.92 Å². The second-order valence-corrected chi connectivity index (χ2v) is 8.33. The van der Waals surface area contributed by atoms with Crippen molar-refractivity contribution in [3.63, 3.8) is 0 Å². The Kier molecular flexibility index (Phi) is 6.46. The van der Waals surface area contributed by atoms with Gasteiger partial charge in [-0.15, -0.1) is 0 Å². The normalized spacial score (nSPS) is 12.9. The quantitative estimate of drug-likeness (QED) is 0.756. The first-order chi connectivity index (χ1) is 13.3. The molecule has 0 bridgehead atoms. The third kappa shape index (κ3) is 5.41. The van der Waals surface area contributed by atoms with Crippen LogP contribution < -0.4 is 14.4 Å². The highest BCUT2D eigenvalue weighted by Crippen LogP contribution is 2.33. The topological polar surface area (TPSA) is 75.7 Å². The summed E-state index contributed by atoms with van der Waals surface area (Å²) in [7, 11) is -2.51. The molecule has 29 heavy (non-hydrogen) atoms. The van der Waals surface area contributed by atoms with Gasteiger partial charge in [-0.25, -0.2) is 8.42 Å². The second-order valence-electron chi connectivity index (χ2n) is 6.47. The van der Waals surface area contributed by atoms with Crippen LogP contribution in [0.1, 0.15) is 18.1 Å². The highest BCUT2D eigenvalue weighted by atomic mass is 32.2. The molecule has 0 aliphatic heterocycles. The third-order valence-corrected chi connectivity index (χ3v) is 5.37. The minimum atomic E-state index is -4.50. The first kappa shape index (κ1) is 22.5. The number of hydrogen-bond donors (Lipinski definition) is 1. The van der Waals surface area contributed by atoms with E-state index in [0.29, 0.717) is 0 Å². The number of benzene rings is 2. The molecule has 0 saturated carbocycles. The van der Waals surface area contributed by atoms with Crippen molar-refractivity contribution in [1.29, 1.82) is 0 Å². The van der Waals surface area contributed by atoms with Gasteiger partial charge in [0.2, 0.25) is 15.9 Å². The molecule has 2 aromatic carbocycles. The molecular formula is C19H21F3N2O4S. The van der Waals surface area contributed by atoms with Crippen LogP contribution in [0.15, 0.2) is 42.5 Å². The number of methoxy groups -OCH3 is 1. The predicted octanol–water partition coefficient (Wildman–Crippen LogP) is 3.82. The number of amides is 1. The number of carbonyl (C=O) groups is 1. The first-order valence-corrected chi connectivity index (χ1v) is 10.3. The largest absolute Gasteiger partial charge is 0.495 e. The molecule has 0 heterocycles. The van der Waals surface area contributed by atoms with Gasteiger partial charge >= 0.3 is 6.18 Å². The summed E-state index contributed by atoms with van der Waals surface area (Å²) in [6, 6.07) is 7.57. The standard InChI is InChI=1S/C19H21F3N2O4S/c1-12-5-10-17(28-3)16(11-12)24(29(4,26)27)13(2)18(25)23-15-8-6-14(7-9-15)19(20,21)22/h5-11,13H,1-4H3,(H,23,25)/t13-/m1/s1. The minimum Gasteiger partial charge on any atom is -0.495 e. The van der Waals surface area contributed by atoms with Crippen LogP contribution in [0.5, 0.6) is 5.75 Å². The van der Waals surface area contributed by atoms with Gasteiger partial charge in [-0.1, -0.05) is 6.07 Å². The van der Waals surface area contributed by atoms with Crippen molar-refractivity contribution in [1.82, 2.24) is 0 Å². The molecule has 0 radical (unpaired) electrons. The van der Waals surface area contributed by atoms with Crippen LogP contribution in [0.3, 0.4) is 0 Å². The van der Waals surface area contributed by atoms with Crippen molar-refractivity contribution in [2.75, 3.05) is 23.0 Å². The number of ether oxygens (including phenoxy) is 1. The number of anilines is 2. The average Bonchev–Trinajstić information content (AvgIpc) is 2.60. The van der Waals surface area contributed by atoms with E-state index in [1.807, 2.05) is 0 Å². The monoisotopic (exact) mass is 430 g/mol. The number of hydrogen-bond acceptors (Lipinski definition) is 4. The fourth-order valence-electron chi connectivity index (χ4n) is 2.74. The molecular weight excluding hydrogens is 409 g/mol. The van der Waals surface area contributed by atoms with E-state index in [-0.39, 0.29) is 17.1 Å². The Bertz CT molecular complexity index is 990. The molecule has 0 unspecified atom stereocenters. The van der Waals surface area contributed by atoms with Gasteiger partial charge in [-0.05, 0) is 55.8 Å². The number of nitrogens with one attached hydrogen (secondary N) is 1. The molecule has 1 atom stereocenters. The van der Waals surface area contributed by atoms with Gasteiger partial charge in [0.25, 0.3) is 0 Å². The van der Waals surface area contributed by atoms with E-state index in [1.165, 1.54) is 14.0 Å². The maximum atomic E-state index is 12.7. The molecule has 1 N–H and O–H groups in total. The molecule has 1 amide bonds. The van der Waals surface area contributed by atoms with Gasteiger partial charge in [0.05, 0.1) is 24.6 Å². The molecule has 0 aromatic heterocycles. The van der Waals surface area contributed by atoms with E-state index in [2.05, 4.69) is 5.32 Å². The second kappa shape index (κ2) is 8.32. The number of halogens is 3. The molecule has 0 saturated heterocycles. The zero-order chi connectivity index (χ0) is 22.0. The molecule has 0 fully saturated rings. The molecule has 6 nitrogen and oxygen atoms in total. The SMILES string of the molecule is COc1ccc(C)cc1N([C@H](C)C(=O)Nc1ccc(C(F)(F)F)cc1)S(C)(=O)=O. The van der Waals surface area contributed by atoms with Gasteiger partial charge < -0.3 is 10.1 Å². The summed E-state index contributed by atoms with van der Waals surface area (Å²) in [5, 5.41) is 2.44. The molecule has 0 aliphatic rings. The smallest absolute Gasteiger partial charge is 0.416 e. The first-order valence-electron chi connectivity index (χ1n) is 8.46. The lowest BCUT2D eigenvalue weighted by Crippen LogP contribution is -2.45. The van der Waals surface area contributed by atoms with Gasteiger partial charge in [0, 0.05) is 5.69 Å². The van der Waals surface area contributed by atoms with Crippen molar-refractivity contribution in [3.05, 3.63) is 53.6 Å². The van der Waals surface area contributed by atoms with Crippen LogP contribution in [0.25, 0.3) is 0 Å². The Morgan fingerprint density at radius 2 is 1.72 bits per heavy atom. The van der Waals surface area contributed by atoms with Crippen molar-refractivity contribution in [2.24, 2.45) is 0 Å². The zero-order valence-corrected chi connectivity index (χ0v) is 17.1.